The van der Waals surface area contributed by atoms with Crippen LogP contribution in [-0.2, 0) is 6.42 Å². The maximum Gasteiger partial charge on any atom is 0.0459 e. The Morgan fingerprint density at radius 3 is 2.79 bits per heavy atom. The zero-order valence-electron chi connectivity index (χ0n) is 16.7. The number of para-hydroxylation sites is 1. The van der Waals surface area contributed by atoms with Crippen LogP contribution < -0.4 is 11.1 Å². The van der Waals surface area contributed by atoms with Gasteiger partial charge in [0.25, 0.3) is 0 Å². The van der Waals surface area contributed by atoms with Gasteiger partial charge in [0.2, 0.25) is 0 Å². The van der Waals surface area contributed by atoms with Crippen molar-refractivity contribution in [1.82, 2.24) is 10.3 Å². The molecule has 4 N–H and O–H groups in total. The number of fused-ring (bicyclic) bond motifs is 3. The standard InChI is InChI=1S/C25H31N3/c1-16-5-4-6-18(13-16)21-14-23-24(19-7-2-3-8-22(19)28-23)20(25(21)26)11-12-27-15-17-9-10-17/h2-8,13,17,20-21,25,27-28H,9-12,14-15,26H2,1H3/t20-,21-,25+/m1/s1. The third kappa shape index (κ3) is 3.38. The summed E-state index contributed by atoms with van der Waals surface area (Å²) in [4.78, 5) is 3.72. The van der Waals surface area contributed by atoms with Crippen LogP contribution >= 0.6 is 0 Å². The van der Waals surface area contributed by atoms with Crippen LogP contribution in [0.5, 0.6) is 0 Å². The number of H-pyrrole nitrogens is 1. The highest BCUT2D eigenvalue weighted by Gasteiger charge is 2.37. The predicted octanol–water partition coefficient (Wildman–Crippen LogP) is 4.62. The molecule has 3 nitrogen and oxygen atoms in total. The molecule has 3 atom stereocenters. The van der Waals surface area contributed by atoms with Crippen molar-refractivity contribution in [1.29, 1.82) is 0 Å². The first kappa shape index (κ1) is 18.0. The molecular formula is C25H31N3. The third-order valence-corrected chi connectivity index (χ3v) is 6.78. The molecule has 0 spiro atoms. The lowest BCUT2D eigenvalue weighted by Crippen LogP contribution is -2.41. The van der Waals surface area contributed by atoms with Gasteiger partial charge in [-0.15, -0.1) is 0 Å². The minimum Gasteiger partial charge on any atom is -0.358 e. The number of rotatable bonds is 6. The molecule has 0 radical (unpaired) electrons. The Bertz CT molecular complexity index is 969. The number of nitrogens with one attached hydrogen (secondary N) is 2. The molecule has 0 saturated heterocycles. The van der Waals surface area contributed by atoms with Gasteiger partial charge in [0.1, 0.15) is 0 Å². The maximum absolute atomic E-state index is 6.98. The monoisotopic (exact) mass is 373 g/mol. The van der Waals surface area contributed by atoms with Crippen LogP contribution in [0.15, 0.2) is 48.5 Å². The molecule has 1 saturated carbocycles. The van der Waals surface area contributed by atoms with E-state index < -0.39 is 0 Å². The summed E-state index contributed by atoms with van der Waals surface area (Å²) in [6.45, 7) is 4.39. The largest absolute Gasteiger partial charge is 0.358 e. The summed E-state index contributed by atoms with van der Waals surface area (Å²) < 4.78 is 0. The van der Waals surface area contributed by atoms with Gasteiger partial charge in [-0.1, -0.05) is 48.0 Å². The zero-order chi connectivity index (χ0) is 19.1. The second kappa shape index (κ2) is 7.38. The molecule has 1 fully saturated rings. The van der Waals surface area contributed by atoms with Crippen molar-refractivity contribution >= 4 is 10.9 Å². The molecule has 1 aromatic heterocycles. The fourth-order valence-corrected chi connectivity index (χ4v) is 5.10. The third-order valence-electron chi connectivity index (χ3n) is 6.78. The number of aromatic amines is 1. The lowest BCUT2D eigenvalue weighted by Gasteiger charge is -2.37. The van der Waals surface area contributed by atoms with Gasteiger partial charge in [-0.05, 0) is 68.8 Å². The van der Waals surface area contributed by atoms with Crippen LogP contribution in [-0.4, -0.2) is 24.1 Å². The van der Waals surface area contributed by atoms with E-state index in [1.54, 1.807) is 0 Å². The molecule has 3 aromatic rings. The minimum absolute atomic E-state index is 0.149. The van der Waals surface area contributed by atoms with Gasteiger partial charge in [0.05, 0.1) is 0 Å². The molecule has 0 unspecified atom stereocenters. The van der Waals surface area contributed by atoms with Crippen LogP contribution in [0.2, 0.25) is 0 Å². The number of hydrogen-bond donors (Lipinski definition) is 3. The highest BCUT2D eigenvalue weighted by atomic mass is 14.9. The van der Waals surface area contributed by atoms with Crippen LogP contribution in [0, 0.1) is 12.8 Å². The normalized spacial score (nSPS) is 24.4. The number of hydrogen-bond acceptors (Lipinski definition) is 2. The molecule has 2 aromatic carbocycles. The zero-order valence-corrected chi connectivity index (χ0v) is 16.7. The number of benzene rings is 2. The molecule has 3 heteroatoms. The summed E-state index contributed by atoms with van der Waals surface area (Å²) in [5.41, 5.74) is 13.8. The Morgan fingerprint density at radius 2 is 1.96 bits per heavy atom. The Morgan fingerprint density at radius 1 is 1.11 bits per heavy atom. The van der Waals surface area contributed by atoms with Crippen LogP contribution in [0.25, 0.3) is 10.9 Å². The first-order valence-electron chi connectivity index (χ1n) is 10.8. The summed E-state index contributed by atoms with van der Waals surface area (Å²) in [5, 5.41) is 5.05. The molecule has 146 valence electrons. The first-order chi connectivity index (χ1) is 13.7. The van der Waals surface area contributed by atoms with E-state index in [-0.39, 0.29) is 6.04 Å². The van der Waals surface area contributed by atoms with Crippen molar-refractivity contribution in [2.75, 3.05) is 13.1 Å². The van der Waals surface area contributed by atoms with Gasteiger partial charge in [0, 0.05) is 34.5 Å². The van der Waals surface area contributed by atoms with Crippen molar-refractivity contribution in [3.05, 3.63) is 70.9 Å². The maximum atomic E-state index is 6.98. The van der Waals surface area contributed by atoms with Crippen molar-refractivity contribution in [2.24, 2.45) is 11.7 Å². The molecular weight excluding hydrogens is 342 g/mol. The Labute approximate surface area is 167 Å². The van der Waals surface area contributed by atoms with Gasteiger partial charge in [-0.2, -0.15) is 0 Å². The molecule has 0 amide bonds. The first-order valence-corrected chi connectivity index (χ1v) is 10.8. The van der Waals surface area contributed by atoms with Crippen molar-refractivity contribution in [3.8, 4) is 0 Å². The molecule has 0 bridgehead atoms. The Kier molecular flexibility index (Phi) is 4.73. The molecule has 2 aliphatic rings. The molecule has 0 aliphatic heterocycles. The van der Waals surface area contributed by atoms with E-state index in [0.717, 1.165) is 25.3 Å². The van der Waals surface area contributed by atoms with Gasteiger partial charge in [-0.3, -0.25) is 0 Å². The fraction of sp³-hybridized carbons (Fsp3) is 0.440. The van der Waals surface area contributed by atoms with E-state index in [2.05, 4.69) is 65.8 Å². The van der Waals surface area contributed by atoms with E-state index in [0.29, 0.717) is 11.8 Å². The summed E-state index contributed by atoms with van der Waals surface area (Å²) in [5.74, 6) is 1.68. The second-order valence-electron chi connectivity index (χ2n) is 8.91. The minimum atomic E-state index is 0.149. The molecule has 2 aliphatic carbocycles. The van der Waals surface area contributed by atoms with Gasteiger partial charge < -0.3 is 16.0 Å². The van der Waals surface area contributed by atoms with Crippen molar-refractivity contribution in [2.45, 2.75) is 50.5 Å². The molecule has 1 heterocycles. The highest BCUT2D eigenvalue weighted by molar-refractivity contribution is 5.85. The molecule has 5 rings (SSSR count). The number of aryl methyl sites for hydroxylation is 1. The van der Waals surface area contributed by atoms with Gasteiger partial charge in [0.15, 0.2) is 0 Å². The lowest BCUT2D eigenvalue weighted by atomic mass is 9.71. The van der Waals surface area contributed by atoms with Crippen molar-refractivity contribution in [3.63, 3.8) is 0 Å². The SMILES string of the molecule is Cc1cccc([C@H]2Cc3[nH]c4ccccc4c3[C@@H](CCNCC3CC3)[C@@H]2N)c1. The average Bonchev–Trinajstić information content (AvgIpc) is 3.45. The second-order valence-corrected chi connectivity index (χ2v) is 8.91. The summed E-state index contributed by atoms with van der Waals surface area (Å²) >= 11 is 0. The Balaban J connectivity index is 1.48. The summed E-state index contributed by atoms with van der Waals surface area (Å²) in [6, 6.07) is 17.8. The van der Waals surface area contributed by atoms with E-state index in [1.165, 1.54) is 52.7 Å². The highest BCUT2D eigenvalue weighted by Crippen LogP contribution is 2.44. The lowest BCUT2D eigenvalue weighted by molar-refractivity contribution is 0.391. The van der Waals surface area contributed by atoms with E-state index >= 15 is 0 Å². The van der Waals surface area contributed by atoms with Crippen LogP contribution in [0.4, 0.5) is 0 Å². The smallest absolute Gasteiger partial charge is 0.0459 e. The van der Waals surface area contributed by atoms with E-state index in [4.69, 9.17) is 5.73 Å². The quantitative estimate of drug-likeness (QED) is 0.552. The van der Waals surface area contributed by atoms with Gasteiger partial charge in [-0.25, -0.2) is 0 Å². The fourth-order valence-electron chi connectivity index (χ4n) is 5.10. The Hall–Kier alpha value is -2.10. The summed E-state index contributed by atoms with van der Waals surface area (Å²) in [7, 11) is 0. The van der Waals surface area contributed by atoms with E-state index in [1.807, 2.05) is 0 Å². The van der Waals surface area contributed by atoms with Crippen LogP contribution in [0.3, 0.4) is 0 Å². The number of aromatic nitrogens is 1. The summed E-state index contributed by atoms with van der Waals surface area (Å²) in [6.07, 6.45) is 4.90. The predicted molar refractivity (Wildman–Crippen MR) is 117 cm³/mol. The average molecular weight is 374 g/mol. The van der Waals surface area contributed by atoms with E-state index in [9.17, 15) is 0 Å². The van der Waals surface area contributed by atoms with Crippen LogP contribution in [0.1, 0.15) is 53.5 Å². The van der Waals surface area contributed by atoms with Crippen molar-refractivity contribution < 1.29 is 0 Å². The van der Waals surface area contributed by atoms with Gasteiger partial charge >= 0.3 is 0 Å². The molecule has 28 heavy (non-hydrogen) atoms. The topological polar surface area (TPSA) is 53.8 Å². The number of nitrogens with two attached hydrogens (primary N) is 1.